The normalized spacial score (nSPS) is 11.7. The molecular formula is C17H19NO5. The van der Waals surface area contributed by atoms with Gasteiger partial charge in [-0.2, -0.15) is 0 Å². The highest BCUT2D eigenvalue weighted by Crippen LogP contribution is 2.25. The molecule has 0 aromatic heterocycles. The molecule has 0 aliphatic heterocycles. The van der Waals surface area contributed by atoms with Gasteiger partial charge in [0.1, 0.15) is 25.0 Å². The Labute approximate surface area is 134 Å². The highest BCUT2D eigenvalue weighted by molar-refractivity contribution is 5.75. The molecule has 0 aliphatic carbocycles. The third-order valence-electron chi connectivity index (χ3n) is 3.14. The zero-order chi connectivity index (χ0) is 16.7. The third-order valence-corrected chi connectivity index (χ3v) is 3.14. The van der Waals surface area contributed by atoms with Crippen LogP contribution in [-0.2, 0) is 16.0 Å². The van der Waals surface area contributed by atoms with Gasteiger partial charge in [-0.25, -0.2) is 0 Å². The van der Waals surface area contributed by atoms with E-state index in [9.17, 15) is 15.0 Å². The summed E-state index contributed by atoms with van der Waals surface area (Å²) in [5, 5.41) is 18.6. The maximum absolute atomic E-state index is 11.8. The second kappa shape index (κ2) is 8.05. The molecule has 2 rings (SSSR count). The van der Waals surface area contributed by atoms with Crippen LogP contribution in [0, 0.1) is 0 Å². The van der Waals surface area contributed by atoms with E-state index in [1.807, 2.05) is 30.3 Å². The monoisotopic (exact) mass is 317 g/mol. The summed E-state index contributed by atoms with van der Waals surface area (Å²) in [6.07, 6.45) is 0.201. The van der Waals surface area contributed by atoms with Gasteiger partial charge in [-0.3, -0.25) is 4.79 Å². The zero-order valence-electron chi connectivity index (χ0n) is 12.5. The third kappa shape index (κ3) is 5.19. The molecule has 0 heterocycles. The Balaban J connectivity index is 1.73. The number of phenols is 2. The Morgan fingerprint density at radius 2 is 1.78 bits per heavy atom. The van der Waals surface area contributed by atoms with Gasteiger partial charge in [0.05, 0.1) is 0 Å². The number of phenolic OH excluding ortho intramolecular Hbond substituents is 2. The summed E-state index contributed by atoms with van der Waals surface area (Å²) in [5.41, 5.74) is 6.40. The average Bonchev–Trinajstić information content (AvgIpc) is 2.55. The number of esters is 1. The van der Waals surface area contributed by atoms with E-state index in [0.717, 1.165) is 0 Å². The van der Waals surface area contributed by atoms with Crippen molar-refractivity contribution in [3.63, 3.8) is 0 Å². The highest BCUT2D eigenvalue weighted by Gasteiger charge is 2.16. The minimum absolute atomic E-state index is 0.0995. The second-order valence-electron chi connectivity index (χ2n) is 4.96. The zero-order valence-corrected chi connectivity index (χ0v) is 12.5. The van der Waals surface area contributed by atoms with Gasteiger partial charge in [0.15, 0.2) is 11.5 Å². The number of rotatable bonds is 7. The Hall–Kier alpha value is -2.73. The van der Waals surface area contributed by atoms with Crippen LogP contribution >= 0.6 is 0 Å². The van der Waals surface area contributed by atoms with E-state index in [1.54, 1.807) is 6.07 Å². The molecule has 23 heavy (non-hydrogen) atoms. The lowest BCUT2D eigenvalue weighted by Gasteiger charge is -2.12. The minimum atomic E-state index is -0.851. The van der Waals surface area contributed by atoms with Gasteiger partial charge < -0.3 is 25.4 Å². The number of aromatic hydroxyl groups is 2. The van der Waals surface area contributed by atoms with Gasteiger partial charge in [-0.1, -0.05) is 24.3 Å². The number of benzene rings is 2. The van der Waals surface area contributed by atoms with Crippen molar-refractivity contribution in [1.29, 1.82) is 0 Å². The number of hydrogen-bond donors (Lipinski definition) is 3. The molecule has 6 nitrogen and oxygen atoms in total. The Bertz CT molecular complexity index is 645. The Morgan fingerprint density at radius 3 is 2.48 bits per heavy atom. The second-order valence-corrected chi connectivity index (χ2v) is 4.96. The van der Waals surface area contributed by atoms with Crippen LogP contribution in [0.3, 0.4) is 0 Å². The highest BCUT2D eigenvalue weighted by atomic mass is 16.6. The SMILES string of the molecule is NC(Cc1ccc(O)c(O)c1)C(=O)OCCOc1ccccc1. The van der Waals surface area contributed by atoms with E-state index >= 15 is 0 Å². The van der Waals surface area contributed by atoms with Crippen LogP contribution in [0.4, 0.5) is 0 Å². The Kier molecular flexibility index (Phi) is 5.82. The van der Waals surface area contributed by atoms with E-state index in [1.165, 1.54) is 12.1 Å². The molecule has 0 radical (unpaired) electrons. The molecule has 6 heteroatoms. The average molecular weight is 317 g/mol. The fourth-order valence-corrected chi connectivity index (χ4v) is 1.96. The number of para-hydroxylation sites is 1. The summed E-state index contributed by atoms with van der Waals surface area (Å²) >= 11 is 0. The van der Waals surface area contributed by atoms with Gasteiger partial charge in [-0.05, 0) is 36.2 Å². The van der Waals surface area contributed by atoms with Crippen LogP contribution in [0.5, 0.6) is 17.2 Å². The molecule has 4 N–H and O–H groups in total. The first-order valence-corrected chi connectivity index (χ1v) is 7.17. The maximum atomic E-state index is 11.8. The maximum Gasteiger partial charge on any atom is 0.323 e. The predicted octanol–water partition coefficient (Wildman–Crippen LogP) is 1.59. The molecule has 0 amide bonds. The van der Waals surface area contributed by atoms with Crippen molar-refractivity contribution in [1.82, 2.24) is 0 Å². The molecule has 0 saturated carbocycles. The van der Waals surface area contributed by atoms with E-state index in [-0.39, 0.29) is 31.1 Å². The molecule has 2 aromatic rings. The van der Waals surface area contributed by atoms with Gasteiger partial charge in [-0.15, -0.1) is 0 Å². The van der Waals surface area contributed by atoms with Crippen molar-refractivity contribution in [2.45, 2.75) is 12.5 Å². The van der Waals surface area contributed by atoms with Crippen molar-refractivity contribution >= 4 is 5.97 Å². The molecule has 0 fully saturated rings. The lowest BCUT2D eigenvalue weighted by molar-refractivity contribution is -0.145. The van der Waals surface area contributed by atoms with Crippen LogP contribution in [0.1, 0.15) is 5.56 Å². The lowest BCUT2D eigenvalue weighted by atomic mass is 10.1. The van der Waals surface area contributed by atoms with Crippen LogP contribution in [0.2, 0.25) is 0 Å². The smallest absolute Gasteiger partial charge is 0.323 e. The van der Waals surface area contributed by atoms with Crippen LogP contribution in [0.25, 0.3) is 0 Å². The van der Waals surface area contributed by atoms with E-state index in [0.29, 0.717) is 11.3 Å². The summed E-state index contributed by atoms with van der Waals surface area (Å²) in [7, 11) is 0. The van der Waals surface area contributed by atoms with Crippen molar-refractivity contribution in [2.75, 3.05) is 13.2 Å². The number of nitrogens with two attached hydrogens (primary N) is 1. The number of hydrogen-bond acceptors (Lipinski definition) is 6. The summed E-state index contributed by atoms with van der Waals surface area (Å²) in [6, 6.07) is 12.6. The minimum Gasteiger partial charge on any atom is -0.504 e. The number of ether oxygens (including phenoxy) is 2. The first-order chi connectivity index (χ1) is 11.1. The van der Waals surface area contributed by atoms with Crippen LogP contribution < -0.4 is 10.5 Å². The van der Waals surface area contributed by atoms with Crippen molar-refractivity contribution in [3.8, 4) is 17.2 Å². The van der Waals surface area contributed by atoms with Gasteiger partial charge in [0.2, 0.25) is 0 Å². The quantitative estimate of drug-likeness (QED) is 0.407. The molecule has 122 valence electrons. The van der Waals surface area contributed by atoms with Gasteiger partial charge in [0.25, 0.3) is 0 Å². The fourth-order valence-electron chi connectivity index (χ4n) is 1.96. The van der Waals surface area contributed by atoms with Crippen LogP contribution in [-0.4, -0.2) is 35.4 Å². The fraction of sp³-hybridized carbons (Fsp3) is 0.235. The molecule has 1 unspecified atom stereocenters. The Morgan fingerprint density at radius 1 is 1.04 bits per heavy atom. The molecule has 0 aliphatic rings. The van der Waals surface area contributed by atoms with Crippen molar-refractivity contribution < 1.29 is 24.5 Å². The lowest BCUT2D eigenvalue weighted by Crippen LogP contribution is -2.35. The van der Waals surface area contributed by atoms with Crippen LogP contribution in [0.15, 0.2) is 48.5 Å². The number of carbonyl (C=O) groups excluding carboxylic acids is 1. The standard InChI is InChI=1S/C17H19NO5/c18-14(10-12-6-7-15(19)16(20)11-12)17(21)23-9-8-22-13-4-2-1-3-5-13/h1-7,11,14,19-20H,8-10,18H2. The van der Waals surface area contributed by atoms with E-state index in [4.69, 9.17) is 15.2 Å². The molecule has 0 bridgehead atoms. The molecule has 1 atom stereocenters. The summed E-state index contributed by atoms with van der Waals surface area (Å²) < 4.78 is 10.5. The molecule has 0 spiro atoms. The predicted molar refractivity (Wildman–Crippen MR) is 84.3 cm³/mol. The summed E-state index contributed by atoms with van der Waals surface area (Å²) in [6.45, 7) is 0.338. The summed E-state index contributed by atoms with van der Waals surface area (Å²) in [4.78, 5) is 11.8. The van der Waals surface area contributed by atoms with Gasteiger partial charge >= 0.3 is 5.97 Å². The van der Waals surface area contributed by atoms with E-state index < -0.39 is 12.0 Å². The summed E-state index contributed by atoms with van der Waals surface area (Å²) in [5.74, 6) is -0.316. The van der Waals surface area contributed by atoms with E-state index in [2.05, 4.69) is 0 Å². The molecular weight excluding hydrogens is 298 g/mol. The topological polar surface area (TPSA) is 102 Å². The number of carbonyl (C=O) groups is 1. The van der Waals surface area contributed by atoms with Crippen molar-refractivity contribution in [3.05, 3.63) is 54.1 Å². The first-order valence-electron chi connectivity index (χ1n) is 7.17. The van der Waals surface area contributed by atoms with Crippen molar-refractivity contribution in [2.24, 2.45) is 5.73 Å². The first kappa shape index (κ1) is 16.6. The molecule has 2 aromatic carbocycles. The largest absolute Gasteiger partial charge is 0.504 e. The van der Waals surface area contributed by atoms with Gasteiger partial charge in [0, 0.05) is 0 Å². The molecule has 0 saturated heterocycles.